The summed E-state index contributed by atoms with van der Waals surface area (Å²) in [5.41, 5.74) is 4.39. The third-order valence-electron chi connectivity index (χ3n) is 4.57. The van der Waals surface area contributed by atoms with Crippen molar-refractivity contribution >= 4 is 34.2 Å². The molecule has 0 unspecified atom stereocenters. The minimum atomic E-state index is -0.746. The van der Waals surface area contributed by atoms with Crippen LogP contribution in [0.25, 0.3) is 21.5 Å². The fourth-order valence-corrected chi connectivity index (χ4v) is 4.03. The molecular weight excluding hydrogens is 350 g/mol. The van der Waals surface area contributed by atoms with Gasteiger partial charge in [0.2, 0.25) is 6.10 Å². The van der Waals surface area contributed by atoms with Gasteiger partial charge in [0.1, 0.15) is 0 Å². The van der Waals surface area contributed by atoms with Crippen LogP contribution >= 0.6 is 11.3 Å². The number of thiophene rings is 1. The highest BCUT2D eigenvalue weighted by Gasteiger charge is 2.30. The molecule has 6 heteroatoms. The first-order valence-corrected chi connectivity index (χ1v) is 9.51. The number of ether oxygens (including phenoxy) is 2. The Bertz CT molecular complexity index is 958. The Morgan fingerprint density at radius 1 is 1.38 bits per heavy atom. The first-order chi connectivity index (χ1) is 12.6. The number of benzene rings is 1. The Morgan fingerprint density at radius 3 is 3.00 bits per heavy atom. The third-order valence-corrected chi connectivity index (χ3v) is 5.46. The van der Waals surface area contributed by atoms with Crippen molar-refractivity contribution in [2.45, 2.75) is 32.3 Å². The molecule has 3 aromatic rings. The maximum absolute atomic E-state index is 12.2. The van der Waals surface area contributed by atoms with Crippen molar-refractivity contribution in [1.82, 2.24) is 4.98 Å². The number of hydrogen-bond acceptors (Lipinski definition) is 5. The fraction of sp³-hybridized carbons (Fsp3) is 0.300. The van der Waals surface area contributed by atoms with Crippen molar-refractivity contribution in [3.05, 3.63) is 46.8 Å². The molecule has 0 spiro atoms. The van der Waals surface area contributed by atoms with Crippen LogP contribution in [-0.4, -0.2) is 29.6 Å². The molecule has 26 heavy (non-hydrogen) atoms. The van der Waals surface area contributed by atoms with Crippen LogP contribution in [0.1, 0.15) is 24.0 Å². The van der Waals surface area contributed by atoms with Crippen LogP contribution in [0.5, 0.6) is 0 Å². The zero-order chi connectivity index (χ0) is 18.1. The van der Waals surface area contributed by atoms with Gasteiger partial charge in [0.15, 0.2) is 0 Å². The monoisotopic (exact) mass is 369 g/mol. The fourth-order valence-electron chi connectivity index (χ4n) is 3.28. The van der Waals surface area contributed by atoms with E-state index in [1.165, 1.54) is 5.56 Å². The summed E-state index contributed by atoms with van der Waals surface area (Å²) in [4.78, 5) is 28.3. The van der Waals surface area contributed by atoms with Crippen LogP contribution < -0.4 is 0 Å². The van der Waals surface area contributed by atoms with E-state index in [1.54, 1.807) is 11.3 Å². The number of fused-ring (bicyclic) bond motifs is 1. The smallest absolute Gasteiger partial charge is 0.347 e. The van der Waals surface area contributed by atoms with Crippen LogP contribution in [0.15, 0.2) is 35.7 Å². The second-order valence-electron chi connectivity index (χ2n) is 6.44. The van der Waals surface area contributed by atoms with Gasteiger partial charge in [-0.3, -0.25) is 4.79 Å². The number of rotatable bonds is 5. The van der Waals surface area contributed by atoms with E-state index in [0.717, 1.165) is 27.0 Å². The molecule has 0 radical (unpaired) electrons. The van der Waals surface area contributed by atoms with Crippen molar-refractivity contribution < 1.29 is 19.1 Å². The van der Waals surface area contributed by atoms with Crippen LogP contribution in [0.4, 0.5) is 0 Å². The van der Waals surface area contributed by atoms with E-state index < -0.39 is 12.1 Å². The van der Waals surface area contributed by atoms with Crippen molar-refractivity contribution in [3.8, 4) is 10.6 Å². The van der Waals surface area contributed by atoms with E-state index in [1.807, 2.05) is 11.4 Å². The quantitative estimate of drug-likeness (QED) is 0.690. The molecule has 1 aliphatic heterocycles. The number of esters is 2. The molecule has 1 saturated heterocycles. The number of H-pyrrole nitrogens is 1. The lowest BCUT2D eigenvalue weighted by atomic mass is 10.0. The van der Waals surface area contributed by atoms with Gasteiger partial charge in [-0.15, -0.1) is 11.3 Å². The highest BCUT2D eigenvalue weighted by Crippen LogP contribution is 2.34. The lowest BCUT2D eigenvalue weighted by Gasteiger charge is -2.09. The summed E-state index contributed by atoms with van der Waals surface area (Å²) in [6, 6.07) is 10.4. The van der Waals surface area contributed by atoms with Gasteiger partial charge in [-0.25, -0.2) is 4.79 Å². The highest BCUT2D eigenvalue weighted by molar-refractivity contribution is 7.13. The molecule has 0 amide bonds. The van der Waals surface area contributed by atoms with Gasteiger partial charge < -0.3 is 14.5 Å². The summed E-state index contributed by atoms with van der Waals surface area (Å²) in [6.07, 6.45) is 0.474. The zero-order valence-corrected chi connectivity index (χ0v) is 15.2. The van der Waals surface area contributed by atoms with Crippen molar-refractivity contribution in [3.63, 3.8) is 0 Å². The Kier molecular flexibility index (Phi) is 4.51. The maximum atomic E-state index is 12.2. The molecule has 1 atom stereocenters. The van der Waals surface area contributed by atoms with Crippen LogP contribution in [0, 0.1) is 6.92 Å². The van der Waals surface area contributed by atoms with E-state index in [2.05, 4.69) is 36.2 Å². The average molecular weight is 369 g/mol. The SMILES string of the molecule is Cc1ccc2[nH]c(-c3cccs3)c(CCC(=O)O[C@H]3CCOC3=O)c2c1. The number of nitrogens with one attached hydrogen (secondary N) is 1. The average Bonchev–Trinajstić information content (AvgIpc) is 3.34. The summed E-state index contributed by atoms with van der Waals surface area (Å²) in [5.74, 6) is -0.812. The molecule has 3 heterocycles. The second kappa shape index (κ2) is 6.96. The summed E-state index contributed by atoms with van der Waals surface area (Å²) >= 11 is 1.66. The van der Waals surface area contributed by atoms with Gasteiger partial charge in [0.25, 0.3) is 0 Å². The van der Waals surface area contributed by atoms with Gasteiger partial charge in [-0.1, -0.05) is 17.7 Å². The van der Waals surface area contributed by atoms with E-state index >= 15 is 0 Å². The molecule has 1 aromatic carbocycles. The van der Waals surface area contributed by atoms with Crippen LogP contribution in [-0.2, 0) is 25.5 Å². The van der Waals surface area contributed by atoms with Crippen LogP contribution in [0.2, 0.25) is 0 Å². The zero-order valence-electron chi connectivity index (χ0n) is 14.4. The van der Waals surface area contributed by atoms with Gasteiger partial charge >= 0.3 is 11.9 Å². The van der Waals surface area contributed by atoms with Crippen molar-refractivity contribution in [1.29, 1.82) is 0 Å². The number of hydrogen-bond donors (Lipinski definition) is 1. The molecule has 1 aliphatic rings. The Morgan fingerprint density at radius 2 is 2.27 bits per heavy atom. The first-order valence-electron chi connectivity index (χ1n) is 8.63. The molecule has 1 N–H and O–H groups in total. The molecule has 5 nitrogen and oxygen atoms in total. The van der Waals surface area contributed by atoms with Crippen LogP contribution in [0.3, 0.4) is 0 Å². The summed E-state index contributed by atoms with van der Waals surface area (Å²) < 4.78 is 10.1. The molecule has 2 aromatic heterocycles. The molecule has 134 valence electrons. The molecule has 0 bridgehead atoms. The predicted molar refractivity (Wildman–Crippen MR) is 100 cm³/mol. The van der Waals surface area contributed by atoms with Gasteiger partial charge in [-0.2, -0.15) is 0 Å². The van der Waals surface area contributed by atoms with E-state index in [4.69, 9.17) is 9.47 Å². The molecule has 4 rings (SSSR count). The van der Waals surface area contributed by atoms with Crippen molar-refractivity contribution in [2.75, 3.05) is 6.61 Å². The number of carbonyl (C=O) groups excluding carboxylic acids is 2. The highest BCUT2D eigenvalue weighted by atomic mass is 32.1. The third kappa shape index (κ3) is 3.24. The Hall–Kier alpha value is -2.60. The van der Waals surface area contributed by atoms with Gasteiger partial charge in [0.05, 0.1) is 17.2 Å². The largest absolute Gasteiger partial charge is 0.463 e. The topological polar surface area (TPSA) is 68.4 Å². The van der Waals surface area contributed by atoms with Crippen molar-refractivity contribution in [2.24, 2.45) is 0 Å². The molecule has 0 saturated carbocycles. The predicted octanol–water partition coefficient (Wildman–Crippen LogP) is 4.00. The summed E-state index contributed by atoms with van der Waals surface area (Å²) in [6.45, 7) is 2.38. The Balaban J connectivity index is 1.58. The van der Waals surface area contributed by atoms with E-state index in [0.29, 0.717) is 19.4 Å². The molecule has 1 fully saturated rings. The molecular formula is C20H19NO4S. The summed E-state index contributed by atoms with van der Waals surface area (Å²) in [5, 5.41) is 3.16. The van der Waals surface area contributed by atoms with E-state index in [9.17, 15) is 9.59 Å². The second-order valence-corrected chi connectivity index (χ2v) is 7.39. The minimum absolute atomic E-state index is 0.225. The van der Waals surface area contributed by atoms with E-state index in [-0.39, 0.29) is 12.4 Å². The minimum Gasteiger partial charge on any atom is -0.463 e. The normalized spacial score (nSPS) is 16.8. The summed E-state index contributed by atoms with van der Waals surface area (Å²) in [7, 11) is 0. The maximum Gasteiger partial charge on any atom is 0.347 e. The number of cyclic esters (lactones) is 1. The lowest BCUT2D eigenvalue weighted by molar-refractivity contribution is -0.160. The standard InChI is InChI=1S/C20H19NO4S/c1-12-4-6-15-14(11-12)13(19(21-15)17-3-2-10-26-17)5-7-18(22)25-16-8-9-24-20(16)23/h2-4,6,10-11,16,21H,5,7-9H2,1H3/t16-/m0/s1. The number of aromatic nitrogens is 1. The van der Waals surface area contributed by atoms with Gasteiger partial charge in [-0.05, 0) is 42.5 Å². The number of aryl methyl sites for hydroxylation is 2. The first kappa shape index (κ1) is 16.8. The molecule has 0 aliphatic carbocycles. The lowest BCUT2D eigenvalue weighted by Crippen LogP contribution is -2.22. The Labute approximate surface area is 154 Å². The number of aromatic amines is 1. The number of carbonyl (C=O) groups is 2. The van der Waals surface area contributed by atoms with Gasteiger partial charge in [0, 0.05) is 23.7 Å².